The number of carbonyl (C=O) groups is 3. The number of halogens is 3. The number of nitrogens with one attached hydrogen (secondary N) is 3. The number of rotatable bonds is 13. The number of carbonyl (C=O) groups excluding carboxylic acids is 2. The molecule has 2 aromatic carbocycles. The predicted molar refractivity (Wildman–Crippen MR) is 165 cm³/mol. The number of amides is 2. The molecule has 0 saturated heterocycles. The molecule has 0 spiro atoms. The maximum atomic E-state index is 12.4. The average Bonchev–Trinajstić information content (AvgIpc) is 3.37. The number of aromatic hydroxyl groups is 1. The van der Waals surface area contributed by atoms with E-state index in [-0.39, 0.29) is 30.9 Å². The van der Waals surface area contributed by atoms with Crippen molar-refractivity contribution in [1.29, 1.82) is 0 Å². The average molecular weight is 858 g/mol. The summed E-state index contributed by atoms with van der Waals surface area (Å²) in [5.41, 5.74) is 1.65. The maximum Gasteiger partial charge on any atom is 0.326 e. The number of hydrogen-bond acceptors (Lipinski definition) is 6. The minimum Gasteiger partial charge on any atom is -0.507 e. The summed E-state index contributed by atoms with van der Waals surface area (Å²) in [6.45, 7) is 0.462. The van der Waals surface area contributed by atoms with Crippen LogP contribution < -0.4 is 15.4 Å². The normalized spacial score (nSPS) is 11.6. The number of carboxylic acid groups (broad SMARTS) is 1. The summed E-state index contributed by atoms with van der Waals surface area (Å²) in [5, 5.41) is 24.7. The molecular formula is C25H25I3N4O6. The van der Waals surface area contributed by atoms with Gasteiger partial charge < -0.3 is 30.6 Å². The molecule has 3 rings (SSSR count). The van der Waals surface area contributed by atoms with Gasteiger partial charge in [-0.2, -0.15) is 0 Å². The van der Waals surface area contributed by atoms with E-state index >= 15 is 0 Å². The van der Waals surface area contributed by atoms with Crippen LogP contribution in [0.5, 0.6) is 17.2 Å². The van der Waals surface area contributed by atoms with E-state index in [1.807, 2.05) is 34.7 Å². The van der Waals surface area contributed by atoms with Crippen LogP contribution in [0, 0.1) is 10.7 Å². The molecule has 1 aromatic heterocycles. The predicted octanol–water partition coefficient (Wildman–Crippen LogP) is 4.36. The van der Waals surface area contributed by atoms with Crippen molar-refractivity contribution >= 4 is 85.6 Å². The third-order valence-electron chi connectivity index (χ3n) is 5.35. The van der Waals surface area contributed by atoms with Crippen molar-refractivity contribution in [1.82, 2.24) is 20.6 Å². The minimum atomic E-state index is -1.14. The fourth-order valence-electron chi connectivity index (χ4n) is 3.45. The zero-order valence-corrected chi connectivity index (χ0v) is 26.4. The quantitative estimate of drug-likeness (QED) is 0.160. The van der Waals surface area contributed by atoms with Gasteiger partial charge in [0.1, 0.15) is 17.5 Å². The fraction of sp³-hybridized carbons (Fsp3) is 0.280. The molecule has 5 N–H and O–H groups in total. The van der Waals surface area contributed by atoms with E-state index in [1.54, 1.807) is 30.7 Å². The third-order valence-corrected chi connectivity index (χ3v) is 7.82. The molecule has 2 amide bonds. The second-order valence-electron chi connectivity index (χ2n) is 8.30. The van der Waals surface area contributed by atoms with Gasteiger partial charge in [-0.25, -0.2) is 9.78 Å². The second kappa shape index (κ2) is 14.9. The monoisotopic (exact) mass is 858 g/mol. The number of aromatic amines is 1. The Kier molecular flexibility index (Phi) is 11.9. The number of imidazole rings is 1. The van der Waals surface area contributed by atoms with Crippen molar-refractivity contribution in [2.75, 3.05) is 6.54 Å². The van der Waals surface area contributed by atoms with Crippen molar-refractivity contribution in [3.05, 3.63) is 64.8 Å². The first-order valence-electron chi connectivity index (χ1n) is 11.5. The van der Waals surface area contributed by atoms with Crippen LogP contribution in [0.2, 0.25) is 0 Å². The number of ether oxygens (including phenoxy) is 1. The summed E-state index contributed by atoms with van der Waals surface area (Å²) in [4.78, 5) is 43.1. The number of H-pyrrole nitrogens is 1. The van der Waals surface area contributed by atoms with E-state index < -0.39 is 17.9 Å². The Balaban J connectivity index is 1.50. The first-order valence-corrected chi connectivity index (χ1v) is 14.8. The highest BCUT2D eigenvalue weighted by Crippen LogP contribution is 2.35. The summed E-state index contributed by atoms with van der Waals surface area (Å²) in [6.07, 6.45) is 4.53. The smallest absolute Gasteiger partial charge is 0.326 e. The molecule has 0 fully saturated rings. The van der Waals surface area contributed by atoms with Gasteiger partial charge in [0.15, 0.2) is 5.75 Å². The molecule has 1 atom stereocenters. The molecule has 1 heterocycles. The summed E-state index contributed by atoms with van der Waals surface area (Å²) in [5.74, 6) is -0.370. The van der Waals surface area contributed by atoms with Gasteiger partial charge in [-0.15, -0.1) is 0 Å². The van der Waals surface area contributed by atoms with Crippen LogP contribution in [0.3, 0.4) is 0 Å². The molecule has 3 aromatic rings. The summed E-state index contributed by atoms with van der Waals surface area (Å²) >= 11 is 6.26. The molecule has 202 valence electrons. The third kappa shape index (κ3) is 9.55. The Morgan fingerprint density at radius 3 is 2.37 bits per heavy atom. The highest BCUT2D eigenvalue weighted by molar-refractivity contribution is 14.1. The lowest BCUT2D eigenvalue weighted by Crippen LogP contribution is -2.42. The molecule has 0 bridgehead atoms. The Labute approximate surface area is 260 Å². The molecule has 0 aliphatic carbocycles. The van der Waals surface area contributed by atoms with Gasteiger partial charge in [0.05, 0.1) is 17.0 Å². The SMILES string of the molecule is O=C(CCCC(=O)NC(Cc1cc(I)c(Oc2ccc(O)c(I)c2)c(I)c1)C(=O)O)NCCc1cnc[nH]1. The molecule has 10 nitrogen and oxygen atoms in total. The lowest BCUT2D eigenvalue weighted by atomic mass is 10.1. The Bertz CT molecular complexity index is 1260. The molecule has 0 aliphatic rings. The highest BCUT2D eigenvalue weighted by atomic mass is 127. The van der Waals surface area contributed by atoms with E-state index in [0.717, 1.165) is 18.4 Å². The van der Waals surface area contributed by atoms with Gasteiger partial charge in [-0.3, -0.25) is 9.59 Å². The zero-order chi connectivity index (χ0) is 27.7. The minimum absolute atomic E-state index is 0.0467. The zero-order valence-electron chi connectivity index (χ0n) is 20.0. The van der Waals surface area contributed by atoms with Gasteiger partial charge in [-0.05, 0) is 110 Å². The molecule has 38 heavy (non-hydrogen) atoms. The van der Waals surface area contributed by atoms with Crippen molar-refractivity contribution in [2.24, 2.45) is 0 Å². The largest absolute Gasteiger partial charge is 0.507 e. The first-order chi connectivity index (χ1) is 18.1. The maximum absolute atomic E-state index is 12.4. The van der Waals surface area contributed by atoms with Crippen LogP contribution in [0.4, 0.5) is 0 Å². The van der Waals surface area contributed by atoms with Crippen molar-refractivity contribution in [2.45, 2.75) is 38.1 Å². The Morgan fingerprint density at radius 1 is 1.03 bits per heavy atom. The van der Waals surface area contributed by atoms with E-state index in [1.165, 1.54) is 0 Å². The molecule has 13 heteroatoms. The van der Waals surface area contributed by atoms with Gasteiger partial charge in [0.25, 0.3) is 0 Å². The van der Waals surface area contributed by atoms with Crippen LogP contribution in [-0.4, -0.2) is 50.6 Å². The summed E-state index contributed by atoms with van der Waals surface area (Å²) in [7, 11) is 0. The Morgan fingerprint density at radius 2 is 1.74 bits per heavy atom. The first kappa shape index (κ1) is 30.4. The van der Waals surface area contributed by atoms with E-state index in [2.05, 4.69) is 65.8 Å². The van der Waals surface area contributed by atoms with Gasteiger partial charge in [0.2, 0.25) is 11.8 Å². The van der Waals surface area contributed by atoms with Crippen molar-refractivity contribution in [3.8, 4) is 17.2 Å². The van der Waals surface area contributed by atoms with Crippen LogP contribution in [0.1, 0.15) is 30.5 Å². The number of phenols is 1. The number of hydrogen-bond donors (Lipinski definition) is 5. The van der Waals surface area contributed by atoms with Crippen molar-refractivity contribution < 1.29 is 29.3 Å². The topological polar surface area (TPSA) is 154 Å². The second-order valence-corrected chi connectivity index (χ2v) is 11.8. The number of phenolic OH excluding ortho intramolecular Hbond substituents is 1. The van der Waals surface area contributed by atoms with Crippen LogP contribution >= 0.6 is 67.8 Å². The molecular weight excluding hydrogens is 833 g/mol. The molecule has 1 unspecified atom stereocenters. The number of aromatic nitrogens is 2. The summed E-state index contributed by atoms with van der Waals surface area (Å²) < 4.78 is 8.22. The van der Waals surface area contributed by atoms with Crippen LogP contribution in [0.15, 0.2) is 42.9 Å². The lowest BCUT2D eigenvalue weighted by molar-refractivity contribution is -0.141. The molecule has 0 radical (unpaired) electrons. The standard InChI is InChI=1S/C25H25I3N4O6/c26-17-11-16(4-5-21(17)33)38-24-18(27)8-14(9-19(24)28)10-20(25(36)37)32-23(35)3-1-2-22(34)30-7-6-15-12-29-13-31-15/h4-5,8-9,11-13,20,33H,1-3,6-7,10H2,(H,29,31)(H,30,34)(H,32,35)(H,36,37). The fourth-order valence-corrected chi connectivity index (χ4v) is 6.06. The van der Waals surface area contributed by atoms with Crippen LogP contribution in [0.25, 0.3) is 0 Å². The number of aliphatic carboxylic acids is 1. The summed E-state index contributed by atoms with van der Waals surface area (Å²) in [6, 6.07) is 7.47. The van der Waals surface area contributed by atoms with Crippen LogP contribution in [-0.2, 0) is 27.2 Å². The Hall–Kier alpha value is -2.15. The van der Waals surface area contributed by atoms with Gasteiger partial charge in [-0.1, -0.05) is 0 Å². The van der Waals surface area contributed by atoms with E-state index in [9.17, 15) is 24.6 Å². The lowest BCUT2D eigenvalue weighted by Gasteiger charge is -2.17. The number of nitrogens with zero attached hydrogens (tertiary/aromatic N) is 1. The van der Waals surface area contributed by atoms with E-state index in [0.29, 0.717) is 34.5 Å². The number of benzene rings is 2. The van der Waals surface area contributed by atoms with Gasteiger partial charge in [0, 0.05) is 44.1 Å². The van der Waals surface area contributed by atoms with Crippen molar-refractivity contribution in [3.63, 3.8) is 0 Å². The highest BCUT2D eigenvalue weighted by Gasteiger charge is 2.22. The number of carboxylic acids is 1. The molecule has 0 aliphatic heterocycles. The molecule has 0 saturated carbocycles. The van der Waals surface area contributed by atoms with Gasteiger partial charge >= 0.3 is 5.97 Å². The van der Waals surface area contributed by atoms with E-state index in [4.69, 9.17) is 4.74 Å².